The molecule has 2 aliphatic heterocycles. The van der Waals surface area contributed by atoms with E-state index >= 15 is 0 Å². The molecule has 0 aromatic carbocycles. The maximum Gasteiger partial charge on any atom is 0.227 e. The molecular formula is C16H16N6OS. The second kappa shape index (κ2) is 5.27. The Morgan fingerprint density at radius 3 is 3.00 bits per heavy atom. The minimum absolute atomic E-state index is 0.200. The zero-order valence-corrected chi connectivity index (χ0v) is 13.8. The molecule has 1 amide bonds. The summed E-state index contributed by atoms with van der Waals surface area (Å²) in [4.78, 5) is 24.7. The molecule has 5 rings (SSSR count). The molecular weight excluding hydrogens is 324 g/mol. The average Bonchev–Trinajstić information content (AvgIpc) is 3.25. The Labute approximate surface area is 142 Å². The molecule has 2 fully saturated rings. The van der Waals surface area contributed by atoms with Gasteiger partial charge < -0.3 is 9.80 Å². The molecule has 2 saturated heterocycles. The summed E-state index contributed by atoms with van der Waals surface area (Å²) in [5, 5.41) is 6.51. The van der Waals surface area contributed by atoms with Crippen molar-refractivity contribution in [3.8, 4) is 0 Å². The smallest absolute Gasteiger partial charge is 0.227 e. The highest BCUT2D eigenvalue weighted by molar-refractivity contribution is 7.17. The second-order valence-electron chi connectivity index (χ2n) is 6.22. The number of fused-ring (bicyclic) bond motifs is 1. The molecule has 3 aromatic heterocycles. The van der Waals surface area contributed by atoms with Crippen molar-refractivity contribution in [3.05, 3.63) is 30.2 Å². The standard InChI is InChI=1S/C16H16N6OS/c23-14-2-1-4-21(14)11-6-19-22(9-11)12-7-20(8-12)16-15-13(3-5-24-15)17-10-18-16/h3,5-6,9-10,12H,1-2,4,7-8H2. The van der Waals surface area contributed by atoms with Crippen molar-refractivity contribution in [3.63, 3.8) is 0 Å². The maximum atomic E-state index is 11.8. The summed E-state index contributed by atoms with van der Waals surface area (Å²) in [7, 11) is 0. The molecule has 0 radical (unpaired) electrons. The minimum Gasteiger partial charge on any atom is -0.351 e. The number of thiophene rings is 1. The lowest BCUT2D eigenvalue weighted by Crippen LogP contribution is -2.48. The lowest BCUT2D eigenvalue weighted by atomic mass is 10.1. The van der Waals surface area contributed by atoms with Crippen LogP contribution >= 0.6 is 11.3 Å². The molecule has 0 spiro atoms. The third kappa shape index (κ3) is 2.10. The van der Waals surface area contributed by atoms with E-state index in [4.69, 9.17) is 0 Å². The van der Waals surface area contributed by atoms with Gasteiger partial charge in [0.1, 0.15) is 12.1 Å². The summed E-state index contributed by atoms with van der Waals surface area (Å²) in [5.74, 6) is 1.21. The quantitative estimate of drug-likeness (QED) is 0.730. The number of rotatable bonds is 3. The van der Waals surface area contributed by atoms with Gasteiger partial charge in [-0.2, -0.15) is 5.10 Å². The van der Waals surface area contributed by atoms with Gasteiger partial charge in [-0.3, -0.25) is 9.48 Å². The van der Waals surface area contributed by atoms with E-state index in [0.717, 1.165) is 47.8 Å². The minimum atomic E-state index is 0.200. The Morgan fingerprint density at radius 2 is 2.17 bits per heavy atom. The monoisotopic (exact) mass is 340 g/mol. The number of amides is 1. The van der Waals surface area contributed by atoms with E-state index < -0.39 is 0 Å². The van der Waals surface area contributed by atoms with Crippen LogP contribution in [0.25, 0.3) is 10.2 Å². The molecule has 24 heavy (non-hydrogen) atoms. The first-order chi connectivity index (χ1) is 11.8. The summed E-state index contributed by atoms with van der Waals surface area (Å²) in [6, 6.07) is 2.34. The van der Waals surface area contributed by atoms with Crippen LogP contribution < -0.4 is 9.80 Å². The van der Waals surface area contributed by atoms with E-state index in [1.165, 1.54) is 0 Å². The van der Waals surface area contributed by atoms with Crippen LogP contribution in [-0.2, 0) is 4.79 Å². The summed E-state index contributed by atoms with van der Waals surface area (Å²) in [6.45, 7) is 2.55. The number of carbonyl (C=O) groups excluding carboxylic acids is 1. The van der Waals surface area contributed by atoms with Crippen molar-refractivity contribution >= 4 is 39.0 Å². The maximum absolute atomic E-state index is 11.8. The van der Waals surface area contributed by atoms with Crippen LogP contribution in [0.1, 0.15) is 18.9 Å². The molecule has 0 atom stereocenters. The van der Waals surface area contributed by atoms with E-state index in [2.05, 4.69) is 20.0 Å². The number of hydrogen-bond donors (Lipinski definition) is 0. The molecule has 5 heterocycles. The van der Waals surface area contributed by atoms with Gasteiger partial charge >= 0.3 is 0 Å². The van der Waals surface area contributed by atoms with Gasteiger partial charge in [0.2, 0.25) is 5.91 Å². The Morgan fingerprint density at radius 1 is 1.25 bits per heavy atom. The number of aromatic nitrogens is 4. The molecule has 0 N–H and O–H groups in total. The van der Waals surface area contributed by atoms with Crippen molar-refractivity contribution < 1.29 is 4.79 Å². The van der Waals surface area contributed by atoms with Gasteiger partial charge in [0, 0.05) is 32.3 Å². The lowest BCUT2D eigenvalue weighted by molar-refractivity contribution is -0.117. The zero-order chi connectivity index (χ0) is 16.1. The zero-order valence-electron chi connectivity index (χ0n) is 13.0. The van der Waals surface area contributed by atoms with Gasteiger partial charge in [-0.1, -0.05) is 0 Å². The highest BCUT2D eigenvalue weighted by Crippen LogP contribution is 2.34. The fourth-order valence-corrected chi connectivity index (χ4v) is 4.25. The fraction of sp³-hybridized carbons (Fsp3) is 0.375. The molecule has 8 heteroatoms. The van der Waals surface area contributed by atoms with E-state index in [1.807, 2.05) is 27.2 Å². The normalized spacial score (nSPS) is 18.6. The largest absolute Gasteiger partial charge is 0.351 e. The third-order valence-corrected chi connectivity index (χ3v) is 5.63. The predicted molar refractivity (Wildman–Crippen MR) is 92.5 cm³/mol. The van der Waals surface area contributed by atoms with Gasteiger partial charge in [-0.25, -0.2) is 9.97 Å². The van der Waals surface area contributed by atoms with Crippen molar-refractivity contribution in [2.45, 2.75) is 18.9 Å². The van der Waals surface area contributed by atoms with E-state index in [-0.39, 0.29) is 5.91 Å². The third-order valence-electron chi connectivity index (χ3n) is 4.73. The molecule has 0 saturated carbocycles. The molecule has 7 nitrogen and oxygen atoms in total. The van der Waals surface area contributed by atoms with E-state index in [9.17, 15) is 4.79 Å². The van der Waals surface area contributed by atoms with Crippen LogP contribution in [0, 0.1) is 0 Å². The van der Waals surface area contributed by atoms with Crippen molar-refractivity contribution in [1.29, 1.82) is 0 Å². The molecule has 0 unspecified atom stereocenters. The summed E-state index contributed by atoms with van der Waals surface area (Å²) in [6.07, 6.45) is 7.00. The van der Waals surface area contributed by atoms with Crippen molar-refractivity contribution in [2.75, 3.05) is 29.4 Å². The molecule has 0 bridgehead atoms. The Hall–Kier alpha value is -2.48. The molecule has 0 aliphatic carbocycles. The number of carbonyl (C=O) groups is 1. The first-order valence-electron chi connectivity index (χ1n) is 8.07. The second-order valence-corrected chi connectivity index (χ2v) is 7.13. The van der Waals surface area contributed by atoms with Crippen LogP contribution in [0.4, 0.5) is 11.5 Å². The molecule has 3 aromatic rings. The number of anilines is 2. The van der Waals surface area contributed by atoms with E-state index in [1.54, 1.807) is 23.9 Å². The average molecular weight is 340 g/mol. The van der Waals surface area contributed by atoms with Gasteiger partial charge in [0.25, 0.3) is 0 Å². The topological polar surface area (TPSA) is 67.2 Å². The van der Waals surface area contributed by atoms with Gasteiger partial charge in [-0.05, 0) is 17.9 Å². The van der Waals surface area contributed by atoms with Crippen molar-refractivity contribution in [2.24, 2.45) is 0 Å². The summed E-state index contributed by atoms with van der Waals surface area (Å²) >= 11 is 1.68. The summed E-state index contributed by atoms with van der Waals surface area (Å²) in [5.41, 5.74) is 1.92. The summed E-state index contributed by atoms with van der Waals surface area (Å²) < 4.78 is 3.12. The number of nitrogens with zero attached hydrogens (tertiary/aromatic N) is 6. The highest BCUT2D eigenvalue weighted by atomic mass is 32.1. The highest BCUT2D eigenvalue weighted by Gasteiger charge is 2.32. The molecule has 2 aliphatic rings. The van der Waals surface area contributed by atoms with Crippen LogP contribution in [0.15, 0.2) is 30.2 Å². The lowest BCUT2D eigenvalue weighted by Gasteiger charge is -2.40. The Kier molecular flexibility index (Phi) is 3.05. The van der Waals surface area contributed by atoms with Gasteiger partial charge in [0.15, 0.2) is 0 Å². The SMILES string of the molecule is O=C1CCCN1c1cnn(C2CN(c3ncnc4ccsc34)C2)c1. The van der Waals surface area contributed by atoms with Crippen molar-refractivity contribution in [1.82, 2.24) is 19.7 Å². The fourth-order valence-electron chi connectivity index (χ4n) is 3.38. The van der Waals surface area contributed by atoms with Gasteiger partial charge in [0.05, 0.1) is 28.1 Å². The predicted octanol–water partition coefficient (Wildman–Crippen LogP) is 2.08. The first kappa shape index (κ1) is 13.9. The Bertz CT molecular complexity index is 912. The van der Waals surface area contributed by atoms with Crippen LogP contribution in [0.3, 0.4) is 0 Å². The Balaban J connectivity index is 1.32. The van der Waals surface area contributed by atoms with Crippen LogP contribution in [0.5, 0.6) is 0 Å². The molecule has 122 valence electrons. The van der Waals surface area contributed by atoms with Crippen LogP contribution in [-0.4, -0.2) is 45.3 Å². The van der Waals surface area contributed by atoms with Crippen LogP contribution in [0.2, 0.25) is 0 Å². The number of hydrogen-bond acceptors (Lipinski definition) is 6. The first-order valence-corrected chi connectivity index (χ1v) is 8.95. The van der Waals surface area contributed by atoms with Gasteiger partial charge in [-0.15, -0.1) is 11.3 Å². The van der Waals surface area contributed by atoms with E-state index in [0.29, 0.717) is 12.5 Å².